The molecule has 37 heavy (non-hydrogen) atoms. The first-order chi connectivity index (χ1) is 18.4. The Hall–Kier alpha value is -4.88. The van der Waals surface area contributed by atoms with Crippen LogP contribution in [0.3, 0.4) is 0 Å². The summed E-state index contributed by atoms with van der Waals surface area (Å²) in [5.41, 5.74) is 3.21. The maximum absolute atomic E-state index is 5.03. The highest BCUT2D eigenvalue weighted by Gasteiger charge is 2.45. The third kappa shape index (κ3) is 4.21. The highest BCUT2D eigenvalue weighted by molar-refractivity contribution is 7.19. The van der Waals surface area contributed by atoms with Crippen LogP contribution in [0, 0.1) is 0 Å². The van der Waals surface area contributed by atoms with Gasteiger partial charge >= 0.3 is 0 Å². The van der Waals surface area contributed by atoms with Crippen LogP contribution in [0.2, 0.25) is 0 Å². The van der Waals surface area contributed by atoms with E-state index in [2.05, 4.69) is 58.5 Å². The summed E-state index contributed by atoms with van der Waals surface area (Å²) in [6.07, 6.45) is 12.7. The quantitative estimate of drug-likeness (QED) is 0.332. The van der Waals surface area contributed by atoms with E-state index in [1.54, 1.807) is 18.6 Å². The van der Waals surface area contributed by atoms with E-state index in [4.69, 9.17) is 19.9 Å². The summed E-state index contributed by atoms with van der Waals surface area (Å²) in [6, 6.07) is 30.6. The van der Waals surface area contributed by atoms with Crippen LogP contribution >= 0.6 is 0 Å². The summed E-state index contributed by atoms with van der Waals surface area (Å²) in [7, 11) is -2.93. The van der Waals surface area contributed by atoms with Crippen LogP contribution in [0.5, 0.6) is 0 Å². The molecule has 7 heteroatoms. The molecule has 4 heterocycles. The first-order valence-electron chi connectivity index (χ1n) is 11.9. The highest BCUT2D eigenvalue weighted by Crippen LogP contribution is 2.15. The lowest BCUT2D eigenvalue weighted by Crippen LogP contribution is -2.76. The zero-order valence-electron chi connectivity index (χ0n) is 19.9. The van der Waals surface area contributed by atoms with E-state index in [9.17, 15) is 0 Å². The molecular weight excluding hydrogens is 472 g/mol. The zero-order valence-corrected chi connectivity index (χ0v) is 20.9. The molecule has 176 valence electrons. The van der Waals surface area contributed by atoms with Crippen molar-refractivity contribution in [2.45, 2.75) is 0 Å². The molecule has 6 rings (SSSR count). The van der Waals surface area contributed by atoms with Gasteiger partial charge in [-0.15, -0.1) is 0 Å². The van der Waals surface area contributed by atoms with Crippen LogP contribution in [0.4, 0.5) is 0 Å². The van der Waals surface area contributed by atoms with Gasteiger partial charge in [0.05, 0.1) is 34.4 Å². The Kier molecular flexibility index (Phi) is 6.10. The first kappa shape index (κ1) is 22.6. The second kappa shape index (κ2) is 10.0. The summed E-state index contributed by atoms with van der Waals surface area (Å²) >= 11 is 0. The van der Waals surface area contributed by atoms with Gasteiger partial charge in [-0.2, -0.15) is 0 Å². The molecule has 0 atom stereocenters. The van der Waals surface area contributed by atoms with Crippen molar-refractivity contribution in [3.05, 3.63) is 134 Å². The zero-order chi connectivity index (χ0) is 24.9. The van der Waals surface area contributed by atoms with Crippen molar-refractivity contribution < 1.29 is 0 Å². The molecule has 2 aromatic carbocycles. The average molecular weight is 495 g/mol. The number of nitrogens with zero attached hydrogens (tertiary/aromatic N) is 6. The predicted molar refractivity (Wildman–Crippen MR) is 148 cm³/mol. The van der Waals surface area contributed by atoms with Gasteiger partial charge in [0.15, 0.2) is 0 Å². The largest absolute Gasteiger partial charge is 0.264 e. The lowest BCUT2D eigenvalue weighted by Gasteiger charge is -2.31. The fourth-order valence-electron chi connectivity index (χ4n) is 4.62. The second-order valence-electron chi connectivity index (χ2n) is 8.51. The van der Waals surface area contributed by atoms with E-state index in [-0.39, 0.29) is 0 Å². The summed E-state index contributed by atoms with van der Waals surface area (Å²) in [5.74, 6) is 0. The SMILES string of the molecule is c1ccc([Si](c2ccccc2)(c2cnc(-c3cccnc3)cn2)c2cnc(-c3ccccn3)cn2)cc1. The van der Waals surface area contributed by atoms with Crippen molar-refractivity contribution in [3.63, 3.8) is 0 Å². The van der Waals surface area contributed by atoms with Gasteiger partial charge in [0.25, 0.3) is 0 Å². The minimum atomic E-state index is -2.93. The monoisotopic (exact) mass is 494 g/mol. The fourth-order valence-corrected chi connectivity index (χ4v) is 8.82. The summed E-state index contributed by atoms with van der Waals surface area (Å²) in [5, 5.41) is 4.08. The Morgan fingerprint density at radius 1 is 0.405 bits per heavy atom. The lowest BCUT2D eigenvalue weighted by atomic mass is 10.2. The first-order valence-corrected chi connectivity index (χ1v) is 13.9. The molecule has 6 nitrogen and oxygen atoms in total. The maximum atomic E-state index is 5.03. The highest BCUT2D eigenvalue weighted by atomic mass is 28.3. The van der Waals surface area contributed by atoms with Gasteiger partial charge in [-0.3, -0.25) is 29.9 Å². The Bertz CT molecular complexity index is 1460. The fraction of sp³-hybridized carbons (Fsp3) is 0. The summed E-state index contributed by atoms with van der Waals surface area (Å²) < 4.78 is 0. The van der Waals surface area contributed by atoms with Crippen LogP contribution in [0.1, 0.15) is 0 Å². The van der Waals surface area contributed by atoms with Crippen LogP contribution < -0.4 is 21.0 Å². The molecule has 0 spiro atoms. The molecule has 0 saturated carbocycles. The van der Waals surface area contributed by atoms with Crippen LogP contribution in [-0.2, 0) is 0 Å². The molecular formula is C30H22N6Si. The summed E-state index contributed by atoms with van der Waals surface area (Å²) in [4.78, 5) is 28.3. The molecule has 0 bridgehead atoms. The van der Waals surface area contributed by atoms with Crippen molar-refractivity contribution in [1.29, 1.82) is 0 Å². The van der Waals surface area contributed by atoms with Crippen LogP contribution in [0.15, 0.2) is 134 Å². The minimum absolute atomic E-state index is 0.728. The minimum Gasteiger partial charge on any atom is -0.264 e. The molecule has 0 aliphatic carbocycles. The van der Waals surface area contributed by atoms with Gasteiger partial charge in [-0.25, -0.2) is 0 Å². The molecule has 0 radical (unpaired) electrons. The maximum Gasteiger partial charge on any atom is 0.227 e. The molecule has 0 N–H and O–H groups in total. The van der Waals surface area contributed by atoms with E-state index >= 15 is 0 Å². The van der Waals surface area contributed by atoms with Gasteiger partial charge in [0, 0.05) is 36.5 Å². The van der Waals surface area contributed by atoms with Gasteiger partial charge in [-0.05, 0) is 34.6 Å². The lowest BCUT2D eigenvalue weighted by molar-refractivity contribution is 1.19. The van der Waals surface area contributed by atoms with E-state index in [0.717, 1.165) is 43.7 Å². The standard InChI is InChI=1S/C30H22N6Si/c1-3-11-24(12-4-1)37(25-13-5-2-6-14-25,29-21-33-27(19-35-29)23-10-9-16-31-18-23)30-22-34-28(20-36-30)26-15-7-8-17-32-26/h1-22H. The Morgan fingerprint density at radius 2 is 1.03 bits per heavy atom. The van der Waals surface area contributed by atoms with Crippen molar-refractivity contribution in [2.75, 3.05) is 0 Å². The molecule has 0 saturated heterocycles. The number of aromatic nitrogens is 6. The number of hydrogen-bond acceptors (Lipinski definition) is 6. The third-order valence-corrected chi connectivity index (χ3v) is 10.8. The van der Waals surface area contributed by atoms with Crippen molar-refractivity contribution in [2.24, 2.45) is 0 Å². The molecule has 0 amide bonds. The molecule has 0 aliphatic rings. The molecule has 0 fully saturated rings. The van der Waals surface area contributed by atoms with Gasteiger partial charge in [-0.1, -0.05) is 66.7 Å². The van der Waals surface area contributed by atoms with Gasteiger partial charge < -0.3 is 0 Å². The summed E-state index contributed by atoms with van der Waals surface area (Å²) in [6.45, 7) is 0. The number of hydrogen-bond donors (Lipinski definition) is 0. The number of benzene rings is 2. The van der Waals surface area contributed by atoms with Gasteiger partial charge in [0.1, 0.15) is 5.69 Å². The van der Waals surface area contributed by atoms with E-state index in [1.807, 2.05) is 67.3 Å². The average Bonchev–Trinajstić information content (AvgIpc) is 3.00. The van der Waals surface area contributed by atoms with Crippen molar-refractivity contribution >= 4 is 29.1 Å². The normalized spacial score (nSPS) is 11.2. The molecule has 0 aliphatic heterocycles. The number of pyridine rings is 2. The van der Waals surface area contributed by atoms with Gasteiger partial charge in [0.2, 0.25) is 8.07 Å². The van der Waals surface area contributed by atoms with E-state index < -0.39 is 8.07 Å². The molecule has 4 aromatic heterocycles. The Balaban J connectivity index is 1.57. The molecule has 6 aromatic rings. The Labute approximate surface area is 215 Å². The smallest absolute Gasteiger partial charge is 0.227 e. The molecule has 0 unspecified atom stereocenters. The Morgan fingerprint density at radius 3 is 1.54 bits per heavy atom. The predicted octanol–water partition coefficient (Wildman–Crippen LogP) is 2.77. The van der Waals surface area contributed by atoms with Crippen molar-refractivity contribution in [3.8, 4) is 22.6 Å². The van der Waals surface area contributed by atoms with Crippen molar-refractivity contribution in [1.82, 2.24) is 29.9 Å². The van der Waals surface area contributed by atoms with Crippen LogP contribution in [0.25, 0.3) is 22.6 Å². The van der Waals surface area contributed by atoms with E-state index in [1.165, 1.54) is 0 Å². The topological polar surface area (TPSA) is 77.3 Å². The van der Waals surface area contributed by atoms with Crippen LogP contribution in [-0.4, -0.2) is 38.0 Å². The second-order valence-corrected chi connectivity index (χ2v) is 12.2. The number of rotatable bonds is 6. The third-order valence-electron chi connectivity index (χ3n) is 6.37. The van der Waals surface area contributed by atoms with E-state index in [0.29, 0.717) is 0 Å².